The monoisotopic (exact) mass is 416 g/mol. The molecule has 0 aliphatic heterocycles. The summed E-state index contributed by atoms with van der Waals surface area (Å²) in [5.74, 6) is -0.176. The number of hydrogen-bond donors (Lipinski definition) is 1. The lowest BCUT2D eigenvalue weighted by Gasteiger charge is -2.18. The molecule has 0 bridgehead atoms. The minimum Gasteiger partial charge on any atom is -0.273 e. The SMILES string of the molecule is CCC/C(=N\NC(=O)[C@@H]1CC1(c1ccccc1)c1ccccc1)c1ccc(Cl)cc1. The second-order valence-electron chi connectivity index (χ2n) is 7.75. The van der Waals surface area contributed by atoms with Crippen LogP contribution < -0.4 is 5.43 Å². The minimum atomic E-state index is -0.284. The molecule has 0 saturated heterocycles. The highest BCUT2D eigenvalue weighted by Gasteiger charge is 2.60. The van der Waals surface area contributed by atoms with Crippen LogP contribution in [0.2, 0.25) is 5.02 Å². The normalized spacial score (nSPS) is 17.4. The summed E-state index contributed by atoms with van der Waals surface area (Å²) in [6.07, 6.45) is 2.51. The average Bonchev–Trinajstić information content (AvgIpc) is 3.55. The molecule has 0 unspecified atom stereocenters. The van der Waals surface area contributed by atoms with Gasteiger partial charge in [0.2, 0.25) is 5.91 Å². The van der Waals surface area contributed by atoms with Crippen LogP contribution in [0, 0.1) is 5.92 Å². The van der Waals surface area contributed by atoms with Crippen LogP contribution in [0.5, 0.6) is 0 Å². The zero-order chi connectivity index (χ0) is 21.0. The first-order valence-corrected chi connectivity index (χ1v) is 10.8. The lowest BCUT2D eigenvalue weighted by atomic mass is 9.85. The highest BCUT2D eigenvalue weighted by atomic mass is 35.5. The van der Waals surface area contributed by atoms with E-state index in [2.05, 4.69) is 41.7 Å². The van der Waals surface area contributed by atoms with Crippen LogP contribution in [0.1, 0.15) is 42.9 Å². The van der Waals surface area contributed by atoms with E-state index in [-0.39, 0.29) is 17.2 Å². The average molecular weight is 417 g/mol. The summed E-state index contributed by atoms with van der Waals surface area (Å²) in [7, 11) is 0. The van der Waals surface area contributed by atoms with Crippen molar-refractivity contribution in [2.24, 2.45) is 11.0 Å². The third-order valence-electron chi connectivity index (χ3n) is 5.82. The molecule has 1 saturated carbocycles. The van der Waals surface area contributed by atoms with E-state index in [1.54, 1.807) is 0 Å². The Morgan fingerprint density at radius 3 is 2.07 bits per heavy atom. The predicted octanol–water partition coefficient (Wildman–Crippen LogP) is 5.97. The van der Waals surface area contributed by atoms with Crippen molar-refractivity contribution in [1.29, 1.82) is 0 Å². The van der Waals surface area contributed by atoms with Gasteiger partial charge in [-0.15, -0.1) is 0 Å². The van der Waals surface area contributed by atoms with E-state index >= 15 is 0 Å². The van der Waals surface area contributed by atoms with Gasteiger partial charge in [-0.05, 0) is 41.7 Å². The van der Waals surface area contributed by atoms with Crippen molar-refractivity contribution in [3.63, 3.8) is 0 Å². The Morgan fingerprint density at radius 2 is 1.53 bits per heavy atom. The first-order valence-electron chi connectivity index (χ1n) is 10.4. The van der Waals surface area contributed by atoms with Crippen LogP contribution in [0.3, 0.4) is 0 Å². The van der Waals surface area contributed by atoms with Crippen molar-refractivity contribution < 1.29 is 4.79 Å². The van der Waals surface area contributed by atoms with Gasteiger partial charge in [0.15, 0.2) is 0 Å². The molecule has 3 nitrogen and oxygen atoms in total. The molecule has 1 amide bonds. The van der Waals surface area contributed by atoms with E-state index in [4.69, 9.17) is 11.6 Å². The second kappa shape index (κ2) is 8.85. The molecular formula is C26H25ClN2O. The van der Waals surface area contributed by atoms with Crippen LogP contribution in [0.25, 0.3) is 0 Å². The highest BCUT2D eigenvalue weighted by Crippen LogP contribution is 2.58. The number of nitrogens with zero attached hydrogens (tertiary/aromatic N) is 1. The zero-order valence-corrected chi connectivity index (χ0v) is 17.8. The summed E-state index contributed by atoms with van der Waals surface area (Å²) in [5.41, 5.74) is 6.76. The predicted molar refractivity (Wildman–Crippen MR) is 123 cm³/mol. The molecule has 3 aromatic carbocycles. The molecule has 0 aromatic heterocycles. The van der Waals surface area contributed by atoms with Gasteiger partial charge in [-0.2, -0.15) is 5.10 Å². The number of amides is 1. The molecule has 0 heterocycles. The Labute approximate surface area is 182 Å². The van der Waals surface area contributed by atoms with Crippen molar-refractivity contribution in [2.45, 2.75) is 31.6 Å². The lowest BCUT2D eigenvalue weighted by Crippen LogP contribution is -2.26. The molecule has 30 heavy (non-hydrogen) atoms. The summed E-state index contributed by atoms with van der Waals surface area (Å²) >= 11 is 6.01. The number of carbonyl (C=O) groups excluding carboxylic acids is 1. The van der Waals surface area contributed by atoms with E-state index in [1.165, 1.54) is 11.1 Å². The van der Waals surface area contributed by atoms with Gasteiger partial charge >= 0.3 is 0 Å². The minimum absolute atomic E-state index is 0.0368. The molecule has 4 heteroatoms. The molecule has 1 fully saturated rings. The Morgan fingerprint density at radius 1 is 0.967 bits per heavy atom. The van der Waals surface area contributed by atoms with E-state index in [1.807, 2.05) is 60.7 Å². The molecule has 152 valence electrons. The summed E-state index contributed by atoms with van der Waals surface area (Å²) in [5, 5.41) is 5.19. The Hall–Kier alpha value is -2.91. The molecule has 1 aliphatic rings. The number of hydrazone groups is 1. The van der Waals surface area contributed by atoms with Crippen molar-refractivity contribution in [1.82, 2.24) is 5.43 Å². The van der Waals surface area contributed by atoms with Crippen LogP contribution >= 0.6 is 11.6 Å². The van der Waals surface area contributed by atoms with Crippen LogP contribution in [0.4, 0.5) is 0 Å². The standard InChI is InChI=1S/C26H25ClN2O/c1-2-9-24(19-14-16-22(27)17-15-19)28-29-25(30)23-18-26(23,20-10-5-3-6-11-20)21-12-7-4-8-13-21/h3-8,10-17,23H,2,9,18H2,1H3,(H,29,30)/b28-24+/t23-/m0/s1. The van der Waals surface area contributed by atoms with Gasteiger partial charge in [-0.1, -0.05) is 97.7 Å². The lowest BCUT2D eigenvalue weighted by molar-refractivity contribution is -0.122. The molecule has 3 aromatic rings. The van der Waals surface area contributed by atoms with Crippen molar-refractivity contribution in [3.05, 3.63) is 107 Å². The first kappa shape index (κ1) is 20.4. The number of nitrogens with one attached hydrogen (secondary N) is 1. The fourth-order valence-electron chi connectivity index (χ4n) is 4.20. The Balaban J connectivity index is 1.58. The van der Waals surface area contributed by atoms with Gasteiger partial charge in [0.05, 0.1) is 11.6 Å². The Bertz CT molecular complexity index is 990. The van der Waals surface area contributed by atoms with E-state index < -0.39 is 0 Å². The number of carbonyl (C=O) groups is 1. The maximum Gasteiger partial charge on any atom is 0.244 e. The quantitative estimate of drug-likeness (QED) is 0.374. The van der Waals surface area contributed by atoms with Gasteiger partial charge in [-0.3, -0.25) is 4.79 Å². The third kappa shape index (κ3) is 4.03. The molecule has 4 rings (SSSR count). The van der Waals surface area contributed by atoms with Crippen molar-refractivity contribution in [3.8, 4) is 0 Å². The van der Waals surface area contributed by atoms with Gasteiger partial charge in [-0.25, -0.2) is 5.43 Å². The maximum atomic E-state index is 13.1. The zero-order valence-electron chi connectivity index (χ0n) is 17.0. The van der Waals surface area contributed by atoms with Crippen LogP contribution in [-0.2, 0) is 10.2 Å². The summed E-state index contributed by atoms with van der Waals surface area (Å²) in [4.78, 5) is 13.1. The summed E-state index contributed by atoms with van der Waals surface area (Å²) in [6, 6.07) is 28.2. The van der Waals surface area contributed by atoms with Crippen molar-refractivity contribution >= 4 is 23.2 Å². The van der Waals surface area contributed by atoms with Crippen LogP contribution in [0.15, 0.2) is 90.0 Å². The molecule has 0 radical (unpaired) electrons. The Kier molecular flexibility index (Phi) is 6.01. The second-order valence-corrected chi connectivity index (χ2v) is 8.19. The van der Waals surface area contributed by atoms with E-state index in [0.717, 1.165) is 30.5 Å². The number of benzene rings is 3. The number of rotatable bonds is 7. The highest BCUT2D eigenvalue weighted by molar-refractivity contribution is 6.30. The third-order valence-corrected chi connectivity index (χ3v) is 6.07. The van der Waals surface area contributed by atoms with Crippen molar-refractivity contribution in [2.75, 3.05) is 0 Å². The van der Waals surface area contributed by atoms with Gasteiger partial charge in [0.1, 0.15) is 0 Å². The molecular weight excluding hydrogens is 392 g/mol. The fraction of sp³-hybridized carbons (Fsp3) is 0.231. The maximum absolute atomic E-state index is 13.1. The number of halogens is 1. The fourth-order valence-corrected chi connectivity index (χ4v) is 4.33. The van der Waals surface area contributed by atoms with Gasteiger partial charge in [0, 0.05) is 10.4 Å². The smallest absolute Gasteiger partial charge is 0.244 e. The molecule has 1 N–H and O–H groups in total. The van der Waals surface area contributed by atoms with Crippen LogP contribution in [-0.4, -0.2) is 11.6 Å². The molecule has 1 atom stereocenters. The molecule has 1 aliphatic carbocycles. The topological polar surface area (TPSA) is 41.5 Å². The van der Waals surface area contributed by atoms with Gasteiger partial charge in [0.25, 0.3) is 0 Å². The first-order chi connectivity index (χ1) is 14.6. The van der Waals surface area contributed by atoms with Gasteiger partial charge < -0.3 is 0 Å². The summed E-state index contributed by atoms with van der Waals surface area (Å²) in [6.45, 7) is 2.10. The summed E-state index contributed by atoms with van der Waals surface area (Å²) < 4.78 is 0. The number of hydrogen-bond acceptors (Lipinski definition) is 2. The largest absolute Gasteiger partial charge is 0.273 e. The van der Waals surface area contributed by atoms with E-state index in [9.17, 15) is 4.79 Å². The molecule has 0 spiro atoms. The van der Waals surface area contributed by atoms with E-state index in [0.29, 0.717) is 5.02 Å².